The molecule has 0 amide bonds. The number of hydrogen-bond acceptors (Lipinski definition) is 5. The summed E-state index contributed by atoms with van der Waals surface area (Å²) in [6.45, 7) is 5.68. The van der Waals surface area contributed by atoms with Gasteiger partial charge in [0.2, 0.25) is 0 Å². The van der Waals surface area contributed by atoms with Crippen molar-refractivity contribution in [3.8, 4) is 17.6 Å². The largest absolute Gasteiger partial charge is 0.456 e. The number of pyridine rings is 1. The average molecular weight is 334 g/mol. The Bertz CT molecular complexity index is 1050. The average Bonchev–Trinajstić information content (AvgIpc) is 2.54. The highest BCUT2D eigenvalue weighted by molar-refractivity contribution is 5.81. The topological polar surface area (TPSA) is 76.1 Å². The molecule has 3 aromatic rings. The van der Waals surface area contributed by atoms with E-state index in [1.807, 2.05) is 19.1 Å². The number of nitriles is 1. The molecule has 0 unspecified atom stereocenters. The van der Waals surface area contributed by atoms with Crippen molar-refractivity contribution < 1.29 is 9.15 Å². The lowest BCUT2D eigenvalue weighted by Crippen LogP contribution is -2.01. The molecule has 2 heterocycles. The van der Waals surface area contributed by atoms with Gasteiger partial charge >= 0.3 is 5.63 Å². The van der Waals surface area contributed by atoms with Gasteiger partial charge in [-0.25, -0.2) is 4.79 Å². The van der Waals surface area contributed by atoms with Crippen molar-refractivity contribution in [1.29, 1.82) is 5.26 Å². The van der Waals surface area contributed by atoms with Crippen LogP contribution in [0.2, 0.25) is 0 Å². The van der Waals surface area contributed by atoms with Crippen LogP contribution in [0.4, 0.5) is 0 Å². The van der Waals surface area contributed by atoms with Gasteiger partial charge in [-0.15, -0.1) is 0 Å². The van der Waals surface area contributed by atoms with E-state index in [2.05, 4.69) is 18.0 Å². The highest BCUT2D eigenvalue weighted by Crippen LogP contribution is 2.30. The number of hydrogen-bond donors (Lipinski definition) is 0. The molecule has 0 aliphatic rings. The summed E-state index contributed by atoms with van der Waals surface area (Å²) in [5.74, 6) is 0.949. The Morgan fingerprint density at radius 3 is 2.76 bits per heavy atom. The Hall–Kier alpha value is -3.13. The molecule has 0 saturated carbocycles. The Morgan fingerprint density at radius 2 is 2.04 bits per heavy atom. The fourth-order valence-corrected chi connectivity index (χ4v) is 2.89. The van der Waals surface area contributed by atoms with Gasteiger partial charge in [-0.2, -0.15) is 5.26 Å². The highest BCUT2D eigenvalue weighted by atomic mass is 16.5. The lowest BCUT2D eigenvalue weighted by atomic mass is 10.1. The van der Waals surface area contributed by atoms with Gasteiger partial charge in [-0.3, -0.25) is 4.98 Å². The molecule has 0 saturated heterocycles. The van der Waals surface area contributed by atoms with Crippen LogP contribution >= 0.6 is 0 Å². The van der Waals surface area contributed by atoms with Crippen molar-refractivity contribution in [3.63, 3.8) is 0 Å². The molecule has 0 aliphatic carbocycles. The summed E-state index contributed by atoms with van der Waals surface area (Å²) in [6, 6.07) is 10.8. The first-order valence-electron chi connectivity index (χ1n) is 8.14. The summed E-state index contributed by atoms with van der Waals surface area (Å²) < 4.78 is 11.2. The zero-order valence-electron chi connectivity index (χ0n) is 14.4. The van der Waals surface area contributed by atoms with Crippen molar-refractivity contribution in [2.24, 2.45) is 0 Å². The lowest BCUT2D eigenvalue weighted by molar-refractivity contribution is 0.477. The fourth-order valence-electron chi connectivity index (χ4n) is 2.89. The van der Waals surface area contributed by atoms with Crippen molar-refractivity contribution in [2.75, 3.05) is 0 Å². The summed E-state index contributed by atoms with van der Waals surface area (Å²) in [7, 11) is 0. The lowest BCUT2D eigenvalue weighted by Gasteiger charge is -2.11. The molecule has 0 N–H and O–H groups in total. The van der Waals surface area contributed by atoms with E-state index in [1.165, 1.54) is 6.07 Å². The molecule has 2 aromatic heterocycles. The minimum atomic E-state index is -0.374. The maximum absolute atomic E-state index is 11.8. The van der Waals surface area contributed by atoms with Gasteiger partial charge in [-0.1, -0.05) is 13.3 Å². The van der Waals surface area contributed by atoms with Gasteiger partial charge in [-0.05, 0) is 38.0 Å². The first-order valence-corrected chi connectivity index (χ1v) is 8.14. The standard InChI is InChI=1S/C20H18N2O3/c1-4-5-14-9-20(23)25-19-10-15(6-7-16(14)19)24-18-8-12(2)22-13(3)17(18)11-21/h6-10H,4-5H2,1-3H3. The summed E-state index contributed by atoms with van der Waals surface area (Å²) in [5, 5.41) is 10.2. The van der Waals surface area contributed by atoms with Crippen LogP contribution in [0.15, 0.2) is 39.5 Å². The van der Waals surface area contributed by atoms with Crippen LogP contribution in [-0.2, 0) is 6.42 Å². The van der Waals surface area contributed by atoms with Crippen molar-refractivity contribution >= 4 is 11.0 Å². The fraction of sp³-hybridized carbons (Fsp3) is 0.250. The Balaban J connectivity index is 2.07. The molecule has 1 aromatic carbocycles. The van der Waals surface area contributed by atoms with Crippen LogP contribution in [0.3, 0.4) is 0 Å². The van der Waals surface area contributed by atoms with Crippen LogP contribution in [0.5, 0.6) is 11.5 Å². The van der Waals surface area contributed by atoms with Gasteiger partial charge in [0.1, 0.15) is 28.7 Å². The predicted octanol–water partition coefficient (Wildman–Crippen LogP) is 4.42. The minimum Gasteiger partial charge on any atom is -0.456 e. The number of ether oxygens (including phenoxy) is 1. The summed E-state index contributed by atoms with van der Waals surface area (Å²) >= 11 is 0. The van der Waals surface area contributed by atoms with Gasteiger partial charge < -0.3 is 9.15 Å². The van der Waals surface area contributed by atoms with Crippen LogP contribution < -0.4 is 10.4 Å². The van der Waals surface area contributed by atoms with Crippen LogP contribution in [-0.4, -0.2) is 4.98 Å². The maximum Gasteiger partial charge on any atom is 0.336 e. The van der Waals surface area contributed by atoms with Crippen LogP contribution in [0, 0.1) is 25.2 Å². The van der Waals surface area contributed by atoms with Crippen molar-refractivity contribution in [1.82, 2.24) is 4.98 Å². The second-order valence-corrected chi connectivity index (χ2v) is 5.93. The monoisotopic (exact) mass is 334 g/mol. The molecule has 5 heteroatoms. The zero-order valence-corrected chi connectivity index (χ0v) is 14.4. The van der Waals surface area contributed by atoms with Gasteiger partial charge in [0.15, 0.2) is 0 Å². The molecule has 25 heavy (non-hydrogen) atoms. The molecule has 0 bridgehead atoms. The van der Waals surface area contributed by atoms with Gasteiger partial charge in [0.05, 0.1) is 5.69 Å². The third-order valence-corrected chi connectivity index (χ3v) is 3.95. The van der Waals surface area contributed by atoms with E-state index in [4.69, 9.17) is 9.15 Å². The molecular formula is C20H18N2O3. The second kappa shape index (κ2) is 6.78. The normalized spacial score (nSPS) is 10.6. The van der Waals surface area contributed by atoms with E-state index < -0.39 is 0 Å². The number of rotatable bonds is 4. The summed E-state index contributed by atoms with van der Waals surface area (Å²) in [4.78, 5) is 16.1. The zero-order chi connectivity index (χ0) is 18.0. The van der Waals surface area contributed by atoms with Crippen LogP contribution in [0.1, 0.15) is 35.9 Å². The molecule has 0 fully saturated rings. The molecule has 0 radical (unpaired) electrons. The number of nitrogens with zero attached hydrogens (tertiary/aromatic N) is 2. The van der Waals surface area contributed by atoms with E-state index in [0.717, 1.165) is 29.5 Å². The number of benzene rings is 1. The highest BCUT2D eigenvalue weighted by Gasteiger charge is 2.12. The maximum atomic E-state index is 11.8. The molecule has 0 spiro atoms. The number of aromatic nitrogens is 1. The van der Waals surface area contributed by atoms with Crippen molar-refractivity contribution in [2.45, 2.75) is 33.6 Å². The first kappa shape index (κ1) is 16.7. The van der Waals surface area contributed by atoms with Crippen LogP contribution in [0.25, 0.3) is 11.0 Å². The quantitative estimate of drug-likeness (QED) is 0.660. The van der Waals surface area contributed by atoms with E-state index in [0.29, 0.717) is 28.3 Å². The Morgan fingerprint density at radius 1 is 1.24 bits per heavy atom. The Labute approximate surface area is 145 Å². The Kier molecular flexibility index (Phi) is 4.53. The molecular weight excluding hydrogens is 316 g/mol. The second-order valence-electron chi connectivity index (χ2n) is 5.93. The number of fused-ring (bicyclic) bond motifs is 1. The summed E-state index contributed by atoms with van der Waals surface area (Å²) in [5.41, 5.74) is 2.86. The predicted molar refractivity (Wildman–Crippen MR) is 95.0 cm³/mol. The third kappa shape index (κ3) is 3.38. The smallest absolute Gasteiger partial charge is 0.336 e. The molecule has 126 valence electrons. The van der Waals surface area contributed by atoms with Gasteiger partial charge in [0, 0.05) is 29.3 Å². The van der Waals surface area contributed by atoms with E-state index >= 15 is 0 Å². The molecule has 0 atom stereocenters. The van der Waals surface area contributed by atoms with E-state index in [-0.39, 0.29) is 5.63 Å². The number of aryl methyl sites for hydroxylation is 3. The SMILES string of the molecule is CCCc1cc(=O)oc2cc(Oc3cc(C)nc(C)c3C#N)ccc12. The third-order valence-electron chi connectivity index (χ3n) is 3.95. The van der Waals surface area contributed by atoms with E-state index in [9.17, 15) is 10.1 Å². The summed E-state index contributed by atoms with van der Waals surface area (Å²) in [6.07, 6.45) is 1.75. The first-order chi connectivity index (χ1) is 12.0. The van der Waals surface area contributed by atoms with Gasteiger partial charge in [0.25, 0.3) is 0 Å². The minimum absolute atomic E-state index is 0.374. The molecule has 3 rings (SSSR count). The molecule has 0 aliphatic heterocycles. The van der Waals surface area contributed by atoms with E-state index in [1.54, 1.807) is 19.1 Å². The molecule has 5 nitrogen and oxygen atoms in total. The van der Waals surface area contributed by atoms with Crippen molar-refractivity contribution in [3.05, 3.63) is 63.3 Å².